The van der Waals surface area contributed by atoms with Gasteiger partial charge in [0, 0.05) is 12.2 Å². The third-order valence-corrected chi connectivity index (χ3v) is 3.85. The maximum atomic E-state index is 12.7. The van der Waals surface area contributed by atoms with Crippen molar-refractivity contribution in [3.05, 3.63) is 53.3 Å². The van der Waals surface area contributed by atoms with Gasteiger partial charge in [-0.2, -0.15) is 5.10 Å². The Morgan fingerprint density at radius 3 is 2.67 bits per heavy atom. The van der Waals surface area contributed by atoms with Gasteiger partial charge in [0.05, 0.1) is 5.69 Å². The molecule has 0 unspecified atom stereocenters. The third-order valence-electron chi connectivity index (χ3n) is 3.85. The topological polar surface area (TPSA) is 46.1 Å². The van der Waals surface area contributed by atoms with Crippen LogP contribution in [-0.4, -0.2) is 22.6 Å². The second-order valence-electron chi connectivity index (χ2n) is 5.69. The molecule has 0 saturated heterocycles. The lowest BCUT2D eigenvalue weighted by Gasteiger charge is -2.29. The van der Waals surface area contributed by atoms with E-state index >= 15 is 0 Å². The number of anilines is 1. The molecular formula is C17H19N3O. The summed E-state index contributed by atoms with van der Waals surface area (Å²) in [5.74, 6) is 0.252. The fraction of sp³-hybridized carbons (Fsp3) is 0.353. The van der Waals surface area contributed by atoms with Crippen LogP contribution in [-0.2, 0) is 6.42 Å². The van der Waals surface area contributed by atoms with Crippen LogP contribution in [0, 0.1) is 0 Å². The summed E-state index contributed by atoms with van der Waals surface area (Å²) in [6, 6.07) is 11.7. The maximum Gasteiger partial charge on any atom is 0.278 e. The number of hydrogen-bond donors (Lipinski definition) is 0. The van der Waals surface area contributed by atoms with Crippen LogP contribution in [0.2, 0.25) is 0 Å². The molecule has 2 aromatic rings. The van der Waals surface area contributed by atoms with Crippen LogP contribution in [0.4, 0.5) is 5.69 Å². The normalized spacial score (nSPS) is 14.1. The molecule has 4 nitrogen and oxygen atoms in total. The van der Waals surface area contributed by atoms with Crippen LogP contribution in [0.3, 0.4) is 0 Å². The monoisotopic (exact) mass is 281 g/mol. The molecule has 21 heavy (non-hydrogen) atoms. The molecule has 0 atom stereocenters. The molecule has 1 aliphatic rings. The first kappa shape index (κ1) is 13.7. The second-order valence-corrected chi connectivity index (χ2v) is 5.69. The van der Waals surface area contributed by atoms with E-state index < -0.39 is 0 Å². The zero-order valence-electron chi connectivity index (χ0n) is 12.4. The highest BCUT2D eigenvalue weighted by molar-refractivity contribution is 6.05. The molecule has 0 aliphatic carbocycles. The Hall–Kier alpha value is -2.23. The number of para-hydroxylation sites is 1. The van der Waals surface area contributed by atoms with Crippen LogP contribution in [0.1, 0.15) is 47.9 Å². The van der Waals surface area contributed by atoms with Crippen LogP contribution < -0.4 is 4.90 Å². The average Bonchev–Trinajstić information content (AvgIpc) is 2.53. The predicted molar refractivity (Wildman–Crippen MR) is 82.6 cm³/mol. The largest absolute Gasteiger partial charge is 0.307 e. The summed E-state index contributed by atoms with van der Waals surface area (Å²) in [4.78, 5) is 14.5. The van der Waals surface area contributed by atoms with Crippen molar-refractivity contribution in [3.63, 3.8) is 0 Å². The Kier molecular flexibility index (Phi) is 3.69. The fourth-order valence-electron chi connectivity index (χ4n) is 2.65. The van der Waals surface area contributed by atoms with E-state index in [1.165, 1.54) is 5.56 Å². The summed E-state index contributed by atoms with van der Waals surface area (Å²) in [6.45, 7) is 4.86. The van der Waals surface area contributed by atoms with E-state index in [4.69, 9.17) is 0 Å². The van der Waals surface area contributed by atoms with Gasteiger partial charge in [0.15, 0.2) is 5.69 Å². The third kappa shape index (κ3) is 2.66. The first-order valence-electron chi connectivity index (χ1n) is 7.40. The Bertz CT molecular complexity index is 649. The van der Waals surface area contributed by atoms with Gasteiger partial charge in [-0.25, -0.2) is 0 Å². The minimum absolute atomic E-state index is 0.0649. The highest BCUT2D eigenvalue weighted by atomic mass is 16.2. The Balaban J connectivity index is 1.89. The smallest absolute Gasteiger partial charge is 0.278 e. The molecule has 3 rings (SSSR count). The quantitative estimate of drug-likeness (QED) is 0.849. The van der Waals surface area contributed by atoms with E-state index in [2.05, 4.69) is 30.1 Å². The van der Waals surface area contributed by atoms with Crippen molar-refractivity contribution in [2.75, 3.05) is 11.4 Å². The number of aryl methyl sites for hydroxylation is 1. The number of benzene rings is 1. The summed E-state index contributed by atoms with van der Waals surface area (Å²) >= 11 is 0. The minimum Gasteiger partial charge on any atom is -0.307 e. The van der Waals surface area contributed by atoms with Crippen molar-refractivity contribution in [1.29, 1.82) is 0 Å². The van der Waals surface area contributed by atoms with Gasteiger partial charge in [-0.15, -0.1) is 5.10 Å². The molecule has 0 spiro atoms. The molecular weight excluding hydrogens is 262 g/mol. The lowest BCUT2D eigenvalue weighted by molar-refractivity contribution is 0.0979. The summed E-state index contributed by atoms with van der Waals surface area (Å²) in [6.07, 6.45) is 2.01. The number of carbonyl (C=O) groups is 1. The fourth-order valence-corrected chi connectivity index (χ4v) is 2.65. The molecule has 1 aromatic carbocycles. The van der Waals surface area contributed by atoms with E-state index in [1.807, 2.05) is 29.2 Å². The summed E-state index contributed by atoms with van der Waals surface area (Å²) < 4.78 is 0. The molecule has 0 radical (unpaired) electrons. The van der Waals surface area contributed by atoms with Crippen molar-refractivity contribution < 1.29 is 4.79 Å². The van der Waals surface area contributed by atoms with Gasteiger partial charge in [-0.3, -0.25) is 4.79 Å². The first-order valence-corrected chi connectivity index (χ1v) is 7.40. The lowest BCUT2D eigenvalue weighted by Crippen LogP contribution is -2.36. The highest BCUT2D eigenvalue weighted by Crippen LogP contribution is 2.27. The number of fused-ring (bicyclic) bond motifs is 1. The van der Waals surface area contributed by atoms with Gasteiger partial charge in [-0.1, -0.05) is 32.0 Å². The van der Waals surface area contributed by atoms with Crippen molar-refractivity contribution in [2.24, 2.45) is 0 Å². The van der Waals surface area contributed by atoms with E-state index in [-0.39, 0.29) is 5.91 Å². The second kappa shape index (κ2) is 5.64. The minimum atomic E-state index is -0.0649. The van der Waals surface area contributed by atoms with Crippen molar-refractivity contribution >= 4 is 11.6 Å². The summed E-state index contributed by atoms with van der Waals surface area (Å²) in [5.41, 5.74) is 3.55. The van der Waals surface area contributed by atoms with Crippen molar-refractivity contribution in [2.45, 2.75) is 32.6 Å². The number of rotatable bonds is 2. The molecule has 4 heteroatoms. The maximum absolute atomic E-state index is 12.7. The molecule has 0 bridgehead atoms. The van der Waals surface area contributed by atoms with E-state index in [0.29, 0.717) is 11.6 Å². The lowest BCUT2D eigenvalue weighted by atomic mass is 10.0. The van der Waals surface area contributed by atoms with E-state index in [0.717, 1.165) is 30.8 Å². The summed E-state index contributed by atoms with van der Waals surface area (Å²) in [5, 5.41) is 8.26. The highest BCUT2D eigenvalue weighted by Gasteiger charge is 2.24. The van der Waals surface area contributed by atoms with Gasteiger partial charge < -0.3 is 4.90 Å². The average molecular weight is 281 g/mol. The standard InChI is InChI=1S/C17H19N3O/c1-12(2)14-9-10-15(19-18-14)17(21)20-11-5-7-13-6-3-4-8-16(13)20/h3-4,6,8-10,12H,5,7,11H2,1-2H3. The molecule has 1 amide bonds. The van der Waals surface area contributed by atoms with Crippen molar-refractivity contribution in [1.82, 2.24) is 10.2 Å². The Labute approximate surface area is 124 Å². The predicted octanol–water partition coefficient (Wildman–Crippen LogP) is 3.19. The van der Waals surface area contributed by atoms with Gasteiger partial charge >= 0.3 is 0 Å². The Morgan fingerprint density at radius 2 is 1.95 bits per heavy atom. The first-order chi connectivity index (χ1) is 10.2. The van der Waals surface area contributed by atoms with Gasteiger partial charge in [0.25, 0.3) is 5.91 Å². The van der Waals surface area contributed by atoms with Crippen LogP contribution in [0.25, 0.3) is 0 Å². The Morgan fingerprint density at radius 1 is 1.14 bits per heavy atom. The number of aromatic nitrogens is 2. The molecule has 0 saturated carbocycles. The molecule has 0 N–H and O–H groups in total. The molecule has 108 valence electrons. The molecule has 1 aromatic heterocycles. The number of amides is 1. The van der Waals surface area contributed by atoms with Crippen LogP contribution in [0.5, 0.6) is 0 Å². The van der Waals surface area contributed by atoms with Gasteiger partial charge in [-0.05, 0) is 42.5 Å². The van der Waals surface area contributed by atoms with Crippen LogP contribution in [0.15, 0.2) is 36.4 Å². The molecule has 2 heterocycles. The molecule has 0 fully saturated rings. The van der Waals surface area contributed by atoms with Gasteiger partial charge in [0.2, 0.25) is 0 Å². The van der Waals surface area contributed by atoms with Crippen molar-refractivity contribution in [3.8, 4) is 0 Å². The number of nitrogens with zero attached hydrogens (tertiary/aromatic N) is 3. The molecule has 1 aliphatic heterocycles. The number of hydrogen-bond acceptors (Lipinski definition) is 3. The number of carbonyl (C=O) groups excluding carboxylic acids is 1. The van der Waals surface area contributed by atoms with E-state index in [1.54, 1.807) is 6.07 Å². The zero-order chi connectivity index (χ0) is 14.8. The summed E-state index contributed by atoms with van der Waals surface area (Å²) in [7, 11) is 0. The zero-order valence-corrected chi connectivity index (χ0v) is 12.4. The SMILES string of the molecule is CC(C)c1ccc(C(=O)N2CCCc3ccccc32)nn1. The van der Waals surface area contributed by atoms with E-state index in [9.17, 15) is 4.79 Å². The van der Waals surface area contributed by atoms with Gasteiger partial charge in [0.1, 0.15) is 0 Å². The van der Waals surface area contributed by atoms with Crippen LogP contribution >= 0.6 is 0 Å².